The number of aromatic amines is 1. The van der Waals surface area contributed by atoms with E-state index in [1.165, 1.54) is 17.0 Å². The maximum atomic E-state index is 14.3. The van der Waals surface area contributed by atoms with Gasteiger partial charge in [0.25, 0.3) is 11.8 Å². The number of nitrogens with zero attached hydrogens (tertiary/aromatic N) is 1. The summed E-state index contributed by atoms with van der Waals surface area (Å²) < 4.78 is 14.3. The van der Waals surface area contributed by atoms with Crippen LogP contribution in [0.1, 0.15) is 61.9 Å². The molecule has 3 heterocycles. The van der Waals surface area contributed by atoms with Crippen LogP contribution in [0.15, 0.2) is 24.3 Å². The van der Waals surface area contributed by atoms with Gasteiger partial charge in [-0.2, -0.15) is 0 Å². The highest BCUT2D eigenvalue weighted by Crippen LogP contribution is 2.55. The lowest BCUT2D eigenvalue weighted by Gasteiger charge is -2.39. The number of carbonyl (C=O) groups excluding carboxylic acids is 5. The van der Waals surface area contributed by atoms with Gasteiger partial charge in [-0.25, -0.2) is 4.39 Å². The van der Waals surface area contributed by atoms with Gasteiger partial charge in [0.15, 0.2) is 0 Å². The third kappa shape index (κ3) is 5.14. The SMILES string of the molecule is O=C(NC1CC1)C(=O)C(C[C@@H]1CCNC1=O)NC(=O)[C@@H]1CC2(CCN1C(=O)c1cc3c(F)cccc3[nH]1)CC2. The molecule has 11 heteroatoms. The summed E-state index contributed by atoms with van der Waals surface area (Å²) in [5.74, 6) is -3.64. The smallest absolute Gasteiger partial charge is 0.289 e. The van der Waals surface area contributed by atoms with Crippen molar-refractivity contribution in [1.29, 1.82) is 0 Å². The van der Waals surface area contributed by atoms with E-state index >= 15 is 0 Å². The molecular weight excluding hydrogens is 505 g/mol. The second kappa shape index (κ2) is 9.77. The fraction of sp³-hybridized carbons (Fsp3) is 0.536. The molecule has 4 fully saturated rings. The summed E-state index contributed by atoms with van der Waals surface area (Å²) in [6.07, 6.45) is 5.26. The van der Waals surface area contributed by atoms with Crippen molar-refractivity contribution in [2.45, 2.75) is 69.5 Å². The molecule has 4 aliphatic rings. The lowest BCUT2D eigenvalue weighted by atomic mass is 9.86. The molecule has 1 aromatic heterocycles. The number of piperidine rings is 1. The molecule has 6 rings (SSSR count). The first-order valence-corrected chi connectivity index (χ1v) is 13.7. The van der Waals surface area contributed by atoms with Crippen molar-refractivity contribution < 1.29 is 28.4 Å². The zero-order valence-electron chi connectivity index (χ0n) is 21.6. The number of likely N-dealkylation sites (tertiary alicyclic amines) is 1. The first-order chi connectivity index (χ1) is 18.7. The van der Waals surface area contributed by atoms with Crippen LogP contribution in [0.5, 0.6) is 0 Å². The van der Waals surface area contributed by atoms with Crippen molar-refractivity contribution >= 4 is 40.3 Å². The zero-order chi connectivity index (χ0) is 27.3. The van der Waals surface area contributed by atoms with E-state index in [4.69, 9.17) is 0 Å². The molecule has 4 amide bonds. The van der Waals surface area contributed by atoms with Crippen LogP contribution < -0.4 is 16.0 Å². The molecule has 0 radical (unpaired) electrons. The second-order valence-corrected chi connectivity index (χ2v) is 11.5. The van der Waals surface area contributed by atoms with Crippen LogP contribution in [0.25, 0.3) is 10.9 Å². The van der Waals surface area contributed by atoms with Gasteiger partial charge < -0.3 is 25.8 Å². The van der Waals surface area contributed by atoms with E-state index in [2.05, 4.69) is 20.9 Å². The number of Topliss-reactive ketones (excluding diaryl/α,β-unsaturated/α-hetero) is 1. The topological polar surface area (TPSA) is 140 Å². The Morgan fingerprint density at radius 3 is 2.59 bits per heavy atom. The number of amides is 4. The molecule has 2 aromatic rings. The molecule has 0 bridgehead atoms. The molecule has 2 saturated heterocycles. The Balaban J connectivity index is 1.24. The summed E-state index contributed by atoms with van der Waals surface area (Å²) in [6, 6.07) is 3.94. The number of hydrogen-bond donors (Lipinski definition) is 4. The molecule has 4 N–H and O–H groups in total. The van der Waals surface area contributed by atoms with E-state index in [9.17, 15) is 28.4 Å². The van der Waals surface area contributed by atoms with Gasteiger partial charge in [0.05, 0.1) is 6.04 Å². The van der Waals surface area contributed by atoms with E-state index in [0.29, 0.717) is 36.8 Å². The van der Waals surface area contributed by atoms with Crippen LogP contribution in [0.4, 0.5) is 4.39 Å². The second-order valence-electron chi connectivity index (χ2n) is 11.5. The molecule has 39 heavy (non-hydrogen) atoms. The van der Waals surface area contributed by atoms with E-state index in [1.807, 2.05) is 0 Å². The number of H-pyrrole nitrogens is 1. The Morgan fingerprint density at radius 1 is 1.13 bits per heavy atom. The minimum Gasteiger partial charge on any atom is -0.356 e. The zero-order valence-corrected chi connectivity index (χ0v) is 21.6. The van der Waals surface area contributed by atoms with Crippen molar-refractivity contribution in [2.75, 3.05) is 13.1 Å². The number of nitrogens with one attached hydrogen (secondary N) is 4. The van der Waals surface area contributed by atoms with Gasteiger partial charge in [0.1, 0.15) is 17.6 Å². The standard InChI is InChI=1S/C28H32FN5O5/c29-18-2-1-3-19-17(18)13-21(32-19)27(39)34-11-9-28(7-8-28)14-22(34)25(37)33-20(12-15-6-10-30-24(15)36)23(35)26(38)31-16-4-5-16/h1-3,13,15-16,20,22,32H,4-12,14H2,(H,30,36)(H,31,38)(H,33,37)/t15-,20?,22-/m0/s1. The van der Waals surface area contributed by atoms with Gasteiger partial charge in [0, 0.05) is 36.0 Å². The van der Waals surface area contributed by atoms with Gasteiger partial charge in [-0.1, -0.05) is 6.07 Å². The molecular formula is C28H32FN5O5. The van der Waals surface area contributed by atoms with Crippen molar-refractivity contribution in [1.82, 2.24) is 25.8 Å². The summed E-state index contributed by atoms with van der Waals surface area (Å²) in [7, 11) is 0. The molecule has 3 atom stereocenters. The summed E-state index contributed by atoms with van der Waals surface area (Å²) in [5, 5.41) is 8.45. The number of hydrogen-bond acceptors (Lipinski definition) is 5. The summed E-state index contributed by atoms with van der Waals surface area (Å²) in [4.78, 5) is 69.8. The molecule has 206 valence electrons. The Morgan fingerprint density at radius 2 is 1.92 bits per heavy atom. The lowest BCUT2D eigenvalue weighted by molar-refractivity contribution is -0.141. The van der Waals surface area contributed by atoms with Gasteiger partial charge in [-0.05, 0) is 75.0 Å². The first kappa shape index (κ1) is 25.5. The molecule has 10 nitrogen and oxygen atoms in total. The normalized spacial score (nSPS) is 24.3. The van der Waals surface area contributed by atoms with E-state index in [0.717, 1.165) is 32.1 Å². The average Bonchev–Trinajstić information content (AvgIpc) is 3.80. The van der Waals surface area contributed by atoms with Crippen LogP contribution in [0, 0.1) is 17.2 Å². The minimum absolute atomic E-state index is 0.0143. The molecule has 1 spiro atoms. The third-order valence-electron chi connectivity index (χ3n) is 8.70. The number of ketones is 1. The molecule has 1 unspecified atom stereocenters. The number of carbonyl (C=O) groups is 5. The van der Waals surface area contributed by atoms with Crippen LogP contribution in [0.2, 0.25) is 0 Å². The lowest BCUT2D eigenvalue weighted by Crippen LogP contribution is -2.58. The number of halogens is 1. The predicted octanol–water partition coefficient (Wildman–Crippen LogP) is 1.55. The summed E-state index contributed by atoms with van der Waals surface area (Å²) in [5.41, 5.74) is 0.649. The fourth-order valence-electron chi connectivity index (χ4n) is 5.93. The third-order valence-corrected chi connectivity index (χ3v) is 8.70. The summed E-state index contributed by atoms with van der Waals surface area (Å²) in [6.45, 7) is 0.825. The van der Waals surface area contributed by atoms with Gasteiger partial charge in [0.2, 0.25) is 17.6 Å². The maximum Gasteiger partial charge on any atom is 0.289 e. The van der Waals surface area contributed by atoms with Gasteiger partial charge >= 0.3 is 0 Å². The number of fused-ring (bicyclic) bond motifs is 1. The van der Waals surface area contributed by atoms with E-state index < -0.39 is 47.3 Å². The van der Waals surface area contributed by atoms with Crippen molar-refractivity contribution in [3.63, 3.8) is 0 Å². The summed E-state index contributed by atoms with van der Waals surface area (Å²) >= 11 is 0. The highest BCUT2D eigenvalue weighted by atomic mass is 19.1. The number of benzene rings is 1. The number of aromatic nitrogens is 1. The highest BCUT2D eigenvalue weighted by Gasteiger charge is 2.51. The van der Waals surface area contributed by atoms with E-state index in [1.54, 1.807) is 12.1 Å². The molecule has 1 aromatic carbocycles. The maximum absolute atomic E-state index is 14.3. The average molecular weight is 538 g/mol. The Labute approximate surface area is 224 Å². The quantitative estimate of drug-likeness (QED) is 0.378. The van der Waals surface area contributed by atoms with Crippen LogP contribution >= 0.6 is 0 Å². The van der Waals surface area contributed by atoms with Crippen LogP contribution in [-0.2, 0) is 19.2 Å². The monoisotopic (exact) mass is 537 g/mol. The number of rotatable bonds is 8. The van der Waals surface area contributed by atoms with E-state index in [-0.39, 0.29) is 29.5 Å². The minimum atomic E-state index is -1.18. The van der Waals surface area contributed by atoms with Crippen LogP contribution in [-0.4, -0.2) is 70.5 Å². The highest BCUT2D eigenvalue weighted by molar-refractivity contribution is 6.38. The fourth-order valence-corrected chi connectivity index (χ4v) is 5.93. The predicted molar refractivity (Wildman–Crippen MR) is 138 cm³/mol. The molecule has 2 saturated carbocycles. The van der Waals surface area contributed by atoms with Crippen LogP contribution in [0.3, 0.4) is 0 Å². The largest absolute Gasteiger partial charge is 0.356 e. The van der Waals surface area contributed by atoms with Crippen molar-refractivity contribution in [2.24, 2.45) is 11.3 Å². The molecule has 2 aliphatic heterocycles. The van der Waals surface area contributed by atoms with Crippen molar-refractivity contribution in [3.8, 4) is 0 Å². The van der Waals surface area contributed by atoms with Gasteiger partial charge in [-0.3, -0.25) is 24.0 Å². The van der Waals surface area contributed by atoms with Gasteiger partial charge in [-0.15, -0.1) is 0 Å². The molecule has 2 aliphatic carbocycles. The first-order valence-electron chi connectivity index (χ1n) is 13.7. The Bertz CT molecular complexity index is 1360. The Kier molecular flexibility index (Phi) is 6.39. The Hall–Kier alpha value is -3.76. The van der Waals surface area contributed by atoms with Crippen molar-refractivity contribution in [3.05, 3.63) is 35.8 Å².